The van der Waals surface area contributed by atoms with Crippen LogP contribution in [0, 0.1) is 0 Å². The summed E-state index contributed by atoms with van der Waals surface area (Å²) in [5, 5.41) is 3.30. The Morgan fingerprint density at radius 3 is 3.06 bits per heavy atom. The van der Waals surface area contributed by atoms with Gasteiger partial charge in [-0.25, -0.2) is 0 Å². The van der Waals surface area contributed by atoms with Crippen LogP contribution in [0.4, 0.5) is 5.69 Å². The fourth-order valence-corrected chi connectivity index (χ4v) is 2.65. The molecule has 0 aromatic heterocycles. The van der Waals surface area contributed by atoms with Gasteiger partial charge in [-0.3, -0.25) is 9.79 Å². The monoisotopic (exact) mass is 229 g/mol. The van der Waals surface area contributed by atoms with Crippen LogP contribution < -0.4 is 5.32 Å². The number of nitrogens with one attached hydrogen (secondary N) is 1. The van der Waals surface area contributed by atoms with E-state index >= 15 is 0 Å². The van der Waals surface area contributed by atoms with E-state index in [1.54, 1.807) is 7.05 Å². The Labute approximate surface area is 100 Å². The number of hydrogen-bond acceptors (Lipinski definition) is 2. The molecule has 0 aliphatic carbocycles. The minimum atomic E-state index is 0.120. The van der Waals surface area contributed by atoms with E-state index in [-0.39, 0.29) is 11.9 Å². The molecular weight excluding hydrogens is 214 g/mol. The third kappa shape index (κ3) is 1.52. The predicted octanol–water partition coefficient (Wildman–Crippen LogP) is 1.75. The number of aliphatic imine (C=N–C) groups is 1. The lowest BCUT2D eigenvalue weighted by atomic mass is 10.1. The number of carbonyl (C=O) groups is 1. The first-order valence-corrected chi connectivity index (χ1v) is 5.95. The van der Waals surface area contributed by atoms with Crippen molar-refractivity contribution in [3.63, 3.8) is 0 Å². The second-order valence-corrected chi connectivity index (χ2v) is 4.44. The highest BCUT2D eigenvalue weighted by atomic mass is 16.2. The number of para-hydroxylation sites is 1. The first-order valence-electron chi connectivity index (χ1n) is 5.95. The Kier molecular flexibility index (Phi) is 2.35. The molecule has 0 radical (unpaired) electrons. The fraction of sp³-hybridized carbons (Fsp3) is 0.385. The second kappa shape index (κ2) is 3.87. The van der Waals surface area contributed by atoms with Crippen molar-refractivity contribution in [2.24, 2.45) is 4.99 Å². The molecule has 0 saturated carbocycles. The van der Waals surface area contributed by atoms with Gasteiger partial charge in [0.25, 0.3) is 5.91 Å². The topological polar surface area (TPSA) is 44.7 Å². The summed E-state index contributed by atoms with van der Waals surface area (Å²) in [6.07, 6.45) is 2.05. The summed E-state index contributed by atoms with van der Waals surface area (Å²) in [4.78, 5) is 18.6. The Morgan fingerprint density at radius 2 is 2.24 bits per heavy atom. The molecule has 0 spiro atoms. The van der Waals surface area contributed by atoms with Crippen LogP contribution in [0.1, 0.15) is 23.2 Å². The lowest BCUT2D eigenvalue weighted by Gasteiger charge is -2.22. The van der Waals surface area contributed by atoms with E-state index in [4.69, 9.17) is 0 Å². The summed E-state index contributed by atoms with van der Waals surface area (Å²) in [5.74, 6) is 1.02. The maximum Gasteiger partial charge on any atom is 0.256 e. The van der Waals surface area contributed by atoms with Crippen LogP contribution in [0.15, 0.2) is 29.3 Å². The molecule has 2 heterocycles. The van der Waals surface area contributed by atoms with Gasteiger partial charge in [-0.2, -0.15) is 0 Å². The largest absolute Gasteiger partial charge is 0.342 e. The van der Waals surface area contributed by atoms with Crippen molar-refractivity contribution in [2.75, 3.05) is 18.9 Å². The first kappa shape index (κ1) is 10.3. The lowest BCUT2D eigenvalue weighted by molar-refractivity contribution is 0.0773. The minimum absolute atomic E-state index is 0.120. The molecule has 88 valence electrons. The molecule has 0 unspecified atom stereocenters. The molecule has 1 saturated heterocycles. The van der Waals surface area contributed by atoms with E-state index in [1.165, 1.54) is 0 Å². The van der Waals surface area contributed by atoms with Crippen LogP contribution in [0.3, 0.4) is 0 Å². The van der Waals surface area contributed by atoms with Gasteiger partial charge in [0.15, 0.2) is 0 Å². The summed E-state index contributed by atoms with van der Waals surface area (Å²) in [5.41, 5.74) is 1.62. The molecule has 2 aliphatic rings. The number of nitrogens with zero attached hydrogens (tertiary/aromatic N) is 2. The molecule has 3 rings (SSSR count). The van der Waals surface area contributed by atoms with Crippen molar-refractivity contribution >= 4 is 17.4 Å². The van der Waals surface area contributed by atoms with E-state index in [0.29, 0.717) is 0 Å². The number of carbonyl (C=O) groups excluding carboxylic acids is 1. The number of hydrogen-bond donors (Lipinski definition) is 1. The highest BCUT2D eigenvalue weighted by Crippen LogP contribution is 2.28. The number of benzene rings is 1. The molecular formula is C13H15N3O. The van der Waals surface area contributed by atoms with Gasteiger partial charge in [0.2, 0.25) is 0 Å². The smallest absolute Gasteiger partial charge is 0.256 e. The molecule has 1 aromatic carbocycles. The molecule has 1 aromatic rings. The quantitative estimate of drug-likeness (QED) is 0.736. The maximum atomic E-state index is 12.4. The lowest BCUT2D eigenvalue weighted by Crippen LogP contribution is -2.40. The summed E-state index contributed by atoms with van der Waals surface area (Å²) in [6, 6.07) is 7.76. The third-order valence-electron chi connectivity index (χ3n) is 3.49. The van der Waals surface area contributed by atoms with Crippen molar-refractivity contribution in [3.8, 4) is 0 Å². The molecule has 1 atom stereocenters. The highest BCUT2D eigenvalue weighted by molar-refractivity contribution is 6.11. The zero-order chi connectivity index (χ0) is 11.8. The zero-order valence-corrected chi connectivity index (χ0v) is 9.81. The summed E-state index contributed by atoms with van der Waals surface area (Å²) in [7, 11) is 1.78. The van der Waals surface area contributed by atoms with Gasteiger partial charge in [0.05, 0.1) is 17.3 Å². The highest BCUT2D eigenvalue weighted by Gasteiger charge is 2.36. The fourth-order valence-electron chi connectivity index (χ4n) is 2.65. The summed E-state index contributed by atoms with van der Waals surface area (Å²) < 4.78 is 0. The SMILES string of the molecule is CN=C1Nc2ccccc2C(=O)N2CCC[C@@H]12. The maximum absolute atomic E-state index is 12.4. The van der Waals surface area contributed by atoms with E-state index < -0.39 is 0 Å². The Balaban J connectivity index is 2.13. The van der Waals surface area contributed by atoms with Crippen LogP contribution in [-0.4, -0.2) is 36.3 Å². The number of amidine groups is 1. The number of amides is 1. The van der Waals surface area contributed by atoms with Crippen molar-refractivity contribution in [3.05, 3.63) is 29.8 Å². The molecule has 4 nitrogen and oxygen atoms in total. The average molecular weight is 229 g/mol. The molecule has 4 heteroatoms. The molecule has 2 aliphatic heterocycles. The van der Waals surface area contributed by atoms with Gasteiger partial charge in [0.1, 0.15) is 5.84 Å². The average Bonchev–Trinajstić information content (AvgIpc) is 2.81. The predicted molar refractivity (Wildman–Crippen MR) is 67.5 cm³/mol. The molecule has 1 amide bonds. The zero-order valence-electron chi connectivity index (χ0n) is 9.81. The number of rotatable bonds is 0. The molecule has 0 bridgehead atoms. The summed E-state index contributed by atoms with van der Waals surface area (Å²) in [6.45, 7) is 0.832. The van der Waals surface area contributed by atoms with Gasteiger partial charge in [-0.15, -0.1) is 0 Å². The van der Waals surface area contributed by atoms with E-state index in [2.05, 4.69) is 10.3 Å². The van der Waals surface area contributed by atoms with Crippen LogP contribution in [0.25, 0.3) is 0 Å². The van der Waals surface area contributed by atoms with Crippen LogP contribution >= 0.6 is 0 Å². The van der Waals surface area contributed by atoms with Crippen molar-refractivity contribution in [2.45, 2.75) is 18.9 Å². The van der Waals surface area contributed by atoms with Gasteiger partial charge in [0, 0.05) is 13.6 Å². The van der Waals surface area contributed by atoms with Gasteiger partial charge in [-0.1, -0.05) is 12.1 Å². The van der Waals surface area contributed by atoms with E-state index in [9.17, 15) is 4.79 Å². The van der Waals surface area contributed by atoms with E-state index in [0.717, 1.165) is 36.5 Å². The molecule has 1 fully saturated rings. The Morgan fingerprint density at radius 1 is 1.41 bits per heavy atom. The minimum Gasteiger partial charge on any atom is -0.342 e. The summed E-state index contributed by atoms with van der Waals surface area (Å²) >= 11 is 0. The Hall–Kier alpha value is -1.84. The Bertz CT molecular complexity index is 495. The van der Waals surface area contributed by atoms with Crippen LogP contribution in [-0.2, 0) is 0 Å². The number of fused-ring (bicyclic) bond motifs is 2. The van der Waals surface area contributed by atoms with Crippen molar-refractivity contribution < 1.29 is 4.79 Å². The molecule has 1 N–H and O–H groups in total. The van der Waals surface area contributed by atoms with E-state index in [1.807, 2.05) is 29.2 Å². The van der Waals surface area contributed by atoms with Crippen molar-refractivity contribution in [1.82, 2.24) is 4.90 Å². The van der Waals surface area contributed by atoms with Gasteiger partial charge in [-0.05, 0) is 25.0 Å². The molecule has 17 heavy (non-hydrogen) atoms. The number of anilines is 1. The second-order valence-electron chi connectivity index (χ2n) is 4.44. The normalized spacial score (nSPS) is 25.2. The third-order valence-corrected chi connectivity index (χ3v) is 3.49. The standard InChI is InChI=1S/C13H15N3O/c1-14-12-11-7-4-8-16(11)13(17)9-5-2-3-6-10(9)15-12/h2-3,5-6,11H,4,7-8H2,1H3,(H,14,15)/t11-/m0/s1. The van der Waals surface area contributed by atoms with Gasteiger partial charge < -0.3 is 10.2 Å². The van der Waals surface area contributed by atoms with Crippen LogP contribution in [0.5, 0.6) is 0 Å². The first-order chi connectivity index (χ1) is 8.31. The van der Waals surface area contributed by atoms with Crippen LogP contribution in [0.2, 0.25) is 0 Å². The van der Waals surface area contributed by atoms with Crippen molar-refractivity contribution in [1.29, 1.82) is 0 Å². The van der Waals surface area contributed by atoms with Gasteiger partial charge >= 0.3 is 0 Å².